The number of hydrogen-bond acceptors (Lipinski definition) is 5. The van der Waals surface area contributed by atoms with E-state index in [4.69, 9.17) is 10.5 Å². The number of rotatable bonds is 5. The summed E-state index contributed by atoms with van der Waals surface area (Å²) in [4.78, 5) is 7.32. The van der Waals surface area contributed by atoms with E-state index in [2.05, 4.69) is 4.98 Å². The molecule has 1 saturated carbocycles. The second-order valence-corrected chi connectivity index (χ2v) is 8.97. The molecule has 164 valence electrons. The van der Waals surface area contributed by atoms with Crippen molar-refractivity contribution in [3.05, 3.63) is 48.1 Å². The van der Waals surface area contributed by atoms with E-state index in [1.807, 2.05) is 18.7 Å². The topological polar surface area (TPSA) is 54.6 Å². The standard InChI is InChI=1S/C22H29F3N4O/c1-15(16-4-5-16)29-12-8-18(28-13-9-20(2,26)14-28)19(17-6-10-27-11-7-17)21(29,30-3)22(23,24)25/h6-8,10-12,15-16H,4-5,9,13-14,26H2,1-3H3/t15-,20-,21?/m0/s1. The lowest BCUT2D eigenvalue weighted by molar-refractivity contribution is -0.295. The largest absolute Gasteiger partial charge is 0.441 e. The van der Waals surface area contributed by atoms with Gasteiger partial charge in [0.15, 0.2) is 0 Å². The first kappa shape index (κ1) is 21.2. The molecule has 1 unspecified atom stereocenters. The molecular weight excluding hydrogens is 393 g/mol. The van der Waals surface area contributed by atoms with Gasteiger partial charge in [0.05, 0.1) is 0 Å². The number of aromatic nitrogens is 1. The Morgan fingerprint density at radius 2 is 1.93 bits per heavy atom. The molecular formula is C22H29F3N4O. The molecule has 2 aliphatic heterocycles. The molecule has 4 rings (SSSR count). The van der Waals surface area contributed by atoms with Crippen molar-refractivity contribution in [2.24, 2.45) is 11.7 Å². The summed E-state index contributed by atoms with van der Waals surface area (Å²) in [5.41, 5.74) is 4.33. The van der Waals surface area contributed by atoms with E-state index in [-0.39, 0.29) is 17.5 Å². The predicted molar refractivity (Wildman–Crippen MR) is 109 cm³/mol. The van der Waals surface area contributed by atoms with Crippen LogP contribution in [0.25, 0.3) is 5.57 Å². The summed E-state index contributed by atoms with van der Waals surface area (Å²) >= 11 is 0. The normalized spacial score (nSPS) is 30.9. The maximum atomic E-state index is 14.9. The highest BCUT2D eigenvalue weighted by Gasteiger charge is 2.65. The molecule has 0 spiro atoms. The number of nitrogens with two attached hydrogens (primary N) is 1. The molecule has 1 aliphatic carbocycles. The molecule has 0 aromatic carbocycles. The number of allylic oxidation sites excluding steroid dienone is 1. The van der Waals surface area contributed by atoms with Crippen LogP contribution in [0.5, 0.6) is 0 Å². The van der Waals surface area contributed by atoms with Crippen LogP contribution in [-0.2, 0) is 4.74 Å². The zero-order valence-electron chi connectivity index (χ0n) is 17.6. The Morgan fingerprint density at radius 1 is 1.27 bits per heavy atom. The first-order valence-corrected chi connectivity index (χ1v) is 10.4. The third-order valence-electron chi connectivity index (χ3n) is 6.59. The fourth-order valence-corrected chi connectivity index (χ4v) is 4.80. The van der Waals surface area contributed by atoms with Crippen molar-refractivity contribution in [1.29, 1.82) is 0 Å². The SMILES string of the molecule is COC1(C(F)(F)F)C(c2ccncc2)=C(N2CC[C@](C)(N)C2)C=CN1[C@@H](C)C1CC1. The van der Waals surface area contributed by atoms with Crippen molar-refractivity contribution in [2.45, 2.75) is 56.6 Å². The summed E-state index contributed by atoms with van der Waals surface area (Å²) in [5, 5.41) is 0. The molecule has 8 heteroatoms. The number of nitrogens with zero attached hydrogens (tertiary/aromatic N) is 3. The third-order valence-corrected chi connectivity index (χ3v) is 6.59. The van der Waals surface area contributed by atoms with Gasteiger partial charge >= 0.3 is 6.18 Å². The van der Waals surface area contributed by atoms with E-state index >= 15 is 0 Å². The lowest BCUT2D eigenvalue weighted by atomic mass is 9.87. The number of halogens is 3. The first-order chi connectivity index (χ1) is 14.1. The van der Waals surface area contributed by atoms with Crippen molar-refractivity contribution >= 4 is 5.57 Å². The summed E-state index contributed by atoms with van der Waals surface area (Å²) in [7, 11) is 1.15. The second kappa shape index (κ2) is 7.27. The third kappa shape index (κ3) is 3.39. The van der Waals surface area contributed by atoms with Crippen LogP contribution in [0, 0.1) is 5.92 Å². The Morgan fingerprint density at radius 3 is 2.43 bits per heavy atom. The van der Waals surface area contributed by atoms with E-state index in [9.17, 15) is 13.2 Å². The second-order valence-electron chi connectivity index (χ2n) is 8.97. The lowest BCUT2D eigenvalue weighted by Gasteiger charge is -2.50. The van der Waals surface area contributed by atoms with Crippen molar-refractivity contribution < 1.29 is 17.9 Å². The fourth-order valence-electron chi connectivity index (χ4n) is 4.80. The van der Waals surface area contributed by atoms with Crippen LogP contribution in [0.2, 0.25) is 0 Å². The Kier molecular flexibility index (Phi) is 5.13. The molecule has 3 aliphatic rings. The van der Waals surface area contributed by atoms with Gasteiger partial charge in [0.1, 0.15) is 0 Å². The van der Waals surface area contributed by atoms with Crippen molar-refractivity contribution in [3.8, 4) is 0 Å². The maximum Gasteiger partial charge on any atom is 0.441 e. The van der Waals surface area contributed by atoms with Crippen LogP contribution in [-0.4, -0.2) is 58.5 Å². The van der Waals surface area contributed by atoms with Gasteiger partial charge in [0, 0.05) is 61.6 Å². The number of hydrogen-bond donors (Lipinski definition) is 1. The number of ether oxygens (including phenoxy) is 1. The molecule has 30 heavy (non-hydrogen) atoms. The highest BCUT2D eigenvalue weighted by molar-refractivity contribution is 5.78. The minimum Gasteiger partial charge on any atom is -0.369 e. The van der Waals surface area contributed by atoms with Gasteiger partial charge in [-0.05, 0) is 62.8 Å². The van der Waals surface area contributed by atoms with Crippen LogP contribution in [0.15, 0.2) is 42.5 Å². The Balaban J connectivity index is 1.94. The van der Waals surface area contributed by atoms with Crippen LogP contribution in [0.4, 0.5) is 13.2 Å². The number of alkyl halides is 3. The zero-order chi connectivity index (χ0) is 21.7. The van der Waals surface area contributed by atoms with E-state index in [0.29, 0.717) is 30.8 Å². The molecule has 0 amide bonds. The Labute approximate surface area is 175 Å². The van der Waals surface area contributed by atoms with E-state index in [1.54, 1.807) is 24.4 Å². The van der Waals surface area contributed by atoms with Crippen LogP contribution in [0.3, 0.4) is 0 Å². The summed E-state index contributed by atoms with van der Waals surface area (Å²) in [6, 6.07) is 2.93. The molecule has 1 aromatic rings. The molecule has 1 aromatic heterocycles. The van der Waals surface area contributed by atoms with Crippen molar-refractivity contribution in [1.82, 2.24) is 14.8 Å². The van der Waals surface area contributed by atoms with Crippen molar-refractivity contribution in [2.75, 3.05) is 20.2 Å². The van der Waals surface area contributed by atoms with Gasteiger partial charge in [0.25, 0.3) is 5.72 Å². The molecule has 0 bridgehead atoms. The Bertz CT molecular complexity index is 848. The molecule has 3 atom stereocenters. The molecule has 3 heterocycles. The first-order valence-electron chi connectivity index (χ1n) is 10.4. The molecule has 1 saturated heterocycles. The molecule has 2 fully saturated rings. The highest BCUT2D eigenvalue weighted by atomic mass is 19.4. The predicted octanol–water partition coefficient (Wildman–Crippen LogP) is 3.75. The molecule has 0 radical (unpaired) electrons. The lowest BCUT2D eigenvalue weighted by Crippen LogP contribution is -2.63. The van der Waals surface area contributed by atoms with Gasteiger partial charge in [-0.15, -0.1) is 0 Å². The van der Waals surface area contributed by atoms with Gasteiger partial charge in [-0.25, -0.2) is 0 Å². The van der Waals surface area contributed by atoms with Crippen LogP contribution in [0.1, 0.15) is 38.7 Å². The number of methoxy groups -OCH3 is 1. The van der Waals surface area contributed by atoms with Crippen molar-refractivity contribution in [3.63, 3.8) is 0 Å². The van der Waals surface area contributed by atoms with E-state index < -0.39 is 17.4 Å². The fraction of sp³-hybridized carbons (Fsp3) is 0.591. The molecule has 2 N–H and O–H groups in total. The maximum absolute atomic E-state index is 14.9. The molecule has 5 nitrogen and oxygen atoms in total. The average molecular weight is 422 g/mol. The highest BCUT2D eigenvalue weighted by Crippen LogP contribution is 2.53. The van der Waals surface area contributed by atoms with Gasteiger partial charge in [-0.3, -0.25) is 4.98 Å². The summed E-state index contributed by atoms with van der Waals surface area (Å²) in [5.74, 6) is 0.228. The quantitative estimate of drug-likeness (QED) is 0.783. The summed E-state index contributed by atoms with van der Waals surface area (Å²) < 4.78 is 50.3. The number of likely N-dealkylation sites (tertiary alicyclic amines) is 1. The van der Waals surface area contributed by atoms with Gasteiger partial charge in [0.2, 0.25) is 0 Å². The summed E-state index contributed by atoms with van der Waals surface area (Å²) in [6.45, 7) is 4.86. The van der Waals surface area contributed by atoms with Gasteiger partial charge < -0.3 is 20.3 Å². The minimum atomic E-state index is -4.66. The van der Waals surface area contributed by atoms with Gasteiger partial charge in [-0.2, -0.15) is 13.2 Å². The monoisotopic (exact) mass is 422 g/mol. The zero-order valence-corrected chi connectivity index (χ0v) is 17.6. The Hall–Kier alpha value is -2.06. The van der Waals surface area contributed by atoms with Gasteiger partial charge in [-0.1, -0.05) is 0 Å². The van der Waals surface area contributed by atoms with E-state index in [0.717, 1.165) is 20.0 Å². The van der Waals surface area contributed by atoms with E-state index in [1.165, 1.54) is 17.3 Å². The van der Waals surface area contributed by atoms with Crippen LogP contribution < -0.4 is 5.73 Å². The summed E-state index contributed by atoms with van der Waals surface area (Å²) in [6.07, 6.45) is 4.30. The smallest absolute Gasteiger partial charge is 0.369 e. The number of pyridine rings is 1. The van der Waals surface area contributed by atoms with Crippen LogP contribution >= 0.6 is 0 Å². The average Bonchev–Trinajstić information content (AvgIpc) is 3.49. The minimum absolute atomic E-state index is 0.104.